The Labute approximate surface area is 125 Å². The van der Waals surface area contributed by atoms with Crippen LogP contribution < -0.4 is 10.6 Å². The Bertz CT molecular complexity index is 232. The number of hydrogen-bond donors (Lipinski definition) is 3. The van der Waals surface area contributed by atoms with E-state index >= 15 is 0 Å². The van der Waals surface area contributed by atoms with Crippen LogP contribution in [0.25, 0.3) is 0 Å². The molecule has 2 aliphatic rings. The third-order valence-corrected chi connectivity index (χ3v) is 4.43. The first-order valence-corrected chi connectivity index (χ1v) is 8.23. The summed E-state index contributed by atoms with van der Waals surface area (Å²) in [5.41, 5.74) is 0. The van der Waals surface area contributed by atoms with Crippen molar-refractivity contribution in [1.29, 1.82) is 0 Å². The molecular weight excluding hydrogens is 250 g/mol. The van der Waals surface area contributed by atoms with Crippen molar-refractivity contribution in [3.05, 3.63) is 0 Å². The normalized spacial score (nSPS) is 32.1. The van der Waals surface area contributed by atoms with E-state index in [1.54, 1.807) is 0 Å². The number of likely N-dealkylation sites (N-methyl/N-ethyl adjacent to an activating group) is 1. The molecule has 0 aromatic carbocycles. The molecule has 0 amide bonds. The van der Waals surface area contributed by atoms with Gasteiger partial charge in [-0.25, -0.2) is 0 Å². The number of piperidine rings is 1. The van der Waals surface area contributed by atoms with Gasteiger partial charge in [-0.1, -0.05) is 27.7 Å². The van der Waals surface area contributed by atoms with Crippen molar-refractivity contribution in [2.24, 2.45) is 11.8 Å². The fourth-order valence-electron chi connectivity index (χ4n) is 2.82. The monoisotopic (exact) mass is 285 g/mol. The van der Waals surface area contributed by atoms with Gasteiger partial charge >= 0.3 is 0 Å². The average Bonchev–Trinajstić information content (AvgIpc) is 2.39. The van der Waals surface area contributed by atoms with Crippen molar-refractivity contribution in [2.45, 2.75) is 58.7 Å². The lowest BCUT2D eigenvalue weighted by atomic mass is 9.93. The molecule has 0 bridgehead atoms. The SMILES string of the molecule is CC(C)C1CC(O)CCN1.CC(C)C1CN(C)CCN1. The Morgan fingerprint density at radius 3 is 2.00 bits per heavy atom. The van der Waals surface area contributed by atoms with E-state index in [2.05, 4.69) is 50.3 Å². The van der Waals surface area contributed by atoms with Crippen LogP contribution in [0.15, 0.2) is 0 Å². The third-order valence-electron chi connectivity index (χ3n) is 4.43. The molecule has 4 nitrogen and oxygen atoms in total. The zero-order valence-electron chi connectivity index (χ0n) is 14.0. The average molecular weight is 285 g/mol. The molecule has 2 heterocycles. The van der Waals surface area contributed by atoms with E-state index < -0.39 is 0 Å². The van der Waals surface area contributed by atoms with Crippen LogP contribution in [0.5, 0.6) is 0 Å². The zero-order chi connectivity index (χ0) is 15.1. The predicted molar refractivity (Wildman–Crippen MR) is 86.0 cm³/mol. The molecule has 3 N–H and O–H groups in total. The van der Waals surface area contributed by atoms with Gasteiger partial charge in [0.2, 0.25) is 0 Å². The lowest BCUT2D eigenvalue weighted by Crippen LogP contribution is -2.51. The second kappa shape index (κ2) is 8.98. The van der Waals surface area contributed by atoms with Crippen LogP contribution in [-0.2, 0) is 0 Å². The minimum atomic E-state index is -0.0614. The highest BCUT2D eigenvalue weighted by molar-refractivity contribution is 4.80. The van der Waals surface area contributed by atoms with E-state index in [9.17, 15) is 5.11 Å². The minimum Gasteiger partial charge on any atom is -0.393 e. The Balaban J connectivity index is 0.000000200. The second-order valence-electron chi connectivity index (χ2n) is 7.05. The van der Waals surface area contributed by atoms with Crippen LogP contribution in [0, 0.1) is 11.8 Å². The highest BCUT2D eigenvalue weighted by atomic mass is 16.3. The van der Waals surface area contributed by atoms with Gasteiger partial charge < -0.3 is 20.6 Å². The summed E-state index contributed by atoms with van der Waals surface area (Å²) in [4.78, 5) is 2.39. The van der Waals surface area contributed by atoms with Crippen molar-refractivity contribution >= 4 is 0 Å². The van der Waals surface area contributed by atoms with Crippen LogP contribution in [-0.4, -0.2) is 61.4 Å². The summed E-state index contributed by atoms with van der Waals surface area (Å²) in [6, 6.07) is 1.24. The molecule has 3 atom stereocenters. The van der Waals surface area contributed by atoms with Gasteiger partial charge in [-0.05, 0) is 38.3 Å². The quantitative estimate of drug-likeness (QED) is 0.716. The van der Waals surface area contributed by atoms with E-state index in [0.717, 1.165) is 31.8 Å². The van der Waals surface area contributed by atoms with E-state index in [-0.39, 0.29) is 6.10 Å². The molecule has 0 saturated carbocycles. The Kier molecular flexibility index (Phi) is 8.03. The second-order valence-corrected chi connectivity index (χ2v) is 7.05. The summed E-state index contributed by atoms with van der Waals surface area (Å²) < 4.78 is 0. The molecule has 2 rings (SSSR count). The Morgan fingerprint density at radius 1 is 1.00 bits per heavy atom. The minimum absolute atomic E-state index is 0.0614. The molecule has 0 radical (unpaired) electrons. The van der Waals surface area contributed by atoms with Crippen molar-refractivity contribution in [1.82, 2.24) is 15.5 Å². The van der Waals surface area contributed by atoms with Gasteiger partial charge in [-0.2, -0.15) is 0 Å². The molecule has 2 fully saturated rings. The Hall–Kier alpha value is -0.160. The molecule has 2 aliphatic heterocycles. The lowest BCUT2D eigenvalue weighted by Gasteiger charge is -2.33. The number of aliphatic hydroxyl groups is 1. The number of piperazine rings is 1. The zero-order valence-corrected chi connectivity index (χ0v) is 14.0. The van der Waals surface area contributed by atoms with Gasteiger partial charge in [0.05, 0.1) is 6.10 Å². The van der Waals surface area contributed by atoms with Crippen LogP contribution in [0.1, 0.15) is 40.5 Å². The molecular formula is C16H35N3O. The van der Waals surface area contributed by atoms with Crippen LogP contribution in [0.4, 0.5) is 0 Å². The molecule has 0 aliphatic carbocycles. The molecule has 0 spiro atoms. The van der Waals surface area contributed by atoms with Crippen molar-refractivity contribution in [2.75, 3.05) is 33.2 Å². The van der Waals surface area contributed by atoms with Gasteiger partial charge in [0.25, 0.3) is 0 Å². The van der Waals surface area contributed by atoms with Crippen LogP contribution >= 0.6 is 0 Å². The third kappa shape index (κ3) is 6.53. The highest BCUT2D eigenvalue weighted by Gasteiger charge is 2.21. The van der Waals surface area contributed by atoms with Gasteiger partial charge in [0.1, 0.15) is 0 Å². The molecule has 4 heteroatoms. The molecule has 3 unspecified atom stereocenters. The first-order valence-electron chi connectivity index (χ1n) is 8.23. The summed E-state index contributed by atoms with van der Waals surface area (Å²) in [5, 5.41) is 16.2. The number of rotatable bonds is 2. The topological polar surface area (TPSA) is 47.5 Å². The number of hydrogen-bond acceptors (Lipinski definition) is 4. The van der Waals surface area contributed by atoms with Gasteiger partial charge in [-0.15, -0.1) is 0 Å². The maximum Gasteiger partial charge on any atom is 0.0567 e. The maximum absolute atomic E-state index is 9.29. The number of nitrogens with zero attached hydrogens (tertiary/aromatic N) is 1. The first kappa shape index (κ1) is 17.9. The van der Waals surface area contributed by atoms with E-state index in [1.807, 2.05) is 0 Å². The molecule has 2 saturated heterocycles. The molecule has 0 aromatic rings. The number of aliphatic hydroxyl groups excluding tert-OH is 1. The molecule has 120 valence electrons. The van der Waals surface area contributed by atoms with Gasteiger partial charge in [-0.3, -0.25) is 0 Å². The van der Waals surface area contributed by atoms with Crippen molar-refractivity contribution in [3.8, 4) is 0 Å². The summed E-state index contributed by atoms with van der Waals surface area (Å²) in [7, 11) is 2.19. The smallest absolute Gasteiger partial charge is 0.0567 e. The van der Waals surface area contributed by atoms with E-state index in [4.69, 9.17) is 0 Å². The van der Waals surface area contributed by atoms with E-state index in [0.29, 0.717) is 18.0 Å². The largest absolute Gasteiger partial charge is 0.393 e. The number of nitrogens with one attached hydrogen (secondary N) is 2. The first-order chi connectivity index (χ1) is 9.40. The van der Waals surface area contributed by atoms with Crippen molar-refractivity contribution < 1.29 is 5.11 Å². The van der Waals surface area contributed by atoms with E-state index in [1.165, 1.54) is 13.1 Å². The fraction of sp³-hybridized carbons (Fsp3) is 1.00. The maximum atomic E-state index is 9.29. The Morgan fingerprint density at radius 2 is 1.60 bits per heavy atom. The highest BCUT2D eigenvalue weighted by Crippen LogP contribution is 2.14. The summed E-state index contributed by atoms with van der Waals surface area (Å²) >= 11 is 0. The molecule has 0 aromatic heterocycles. The molecule has 20 heavy (non-hydrogen) atoms. The summed E-state index contributed by atoms with van der Waals surface area (Å²) in [5.74, 6) is 1.41. The summed E-state index contributed by atoms with van der Waals surface area (Å²) in [6.45, 7) is 13.5. The fourth-order valence-corrected chi connectivity index (χ4v) is 2.82. The van der Waals surface area contributed by atoms with Crippen LogP contribution in [0.3, 0.4) is 0 Å². The predicted octanol–water partition coefficient (Wildman–Crippen LogP) is 1.30. The lowest BCUT2D eigenvalue weighted by molar-refractivity contribution is 0.105. The van der Waals surface area contributed by atoms with Gasteiger partial charge in [0.15, 0.2) is 0 Å². The van der Waals surface area contributed by atoms with Crippen LogP contribution in [0.2, 0.25) is 0 Å². The van der Waals surface area contributed by atoms with Gasteiger partial charge in [0, 0.05) is 31.7 Å². The van der Waals surface area contributed by atoms with Crippen molar-refractivity contribution in [3.63, 3.8) is 0 Å². The standard InChI is InChI=1S/C8H18N2.C8H17NO/c1-7(2)8-6-10(3)5-4-9-8;1-6(2)8-5-7(10)3-4-9-8/h7-9H,4-6H2,1-3H3;6-10H,3-5H2,1-2H3. The summed E-state index contributed by atoms with van der Waals surface area (Å²) in [6.07, 6.45) is 1.79.